The van der Waals surface area contributed by atoms with Crippen LogP contribution in [0.3, 0.4) is 0 Å². The molecule has 8 heteroatoms. The summed E-state index contributed by atoms with van der Waals surface area (Å²) in [6.45, 7) is 1.48. The third-order valence-electron chi connectivity index (χ3n) is 2.80. The van der Waals surface area contributed by atoms with E-state index in [9.17, 15) is 18.0 Å². The van der Waals surface area contributed by atoms with Crippen molar-refractivity contribution in [2.45, 2.75) is 13.1 Å². The zero-order valence-corrected chi connectivity index (χ0v) is 12.5. The van der Waals surface area contributed by atoms with E-state index in [1.807, 2.05) is 0 Å². The first-order valence-electron chi connectivity index (χ1n) is 5.67. The lowest BCUT2D eigenvalue weighted by Gasteiger charge is -2.10. The van der Waals surface area contributed by atoms with Crippen LogP contribution in [0.25, 0.3) is 11.3 Å². The van der Waals surface area contributed by atoms with Crippen molar-refractivity contribution in [1.29, 1.82) is 0 Å². The molecule has 0 spiro atoms. The van der Waals surface area contributed by atoms with Crippen molar-refractivity contribution in [3.63, 3.8) is 0 Å². The Morgan fingerprint density at radius 2 is 2.05 bits per heavy atom. The van der Waals surface area contributed by atoms with E-state index in [0.717, 1.165) is 6.07 Å². The third-order valence-corrected chi connectivity index (χ3v) is 3.49. The molecular formula is C13H9BrF3NO3. The highest BCUT2D eigenvalue weighted by atomic mass is 79.9. The highest BCUT2D eigenvalue weighted by molar-refractivity contribution is 9.10. The SMILES string of the molecule is COC(=O)c1c(-c2ccc(Br)c(C(F)(F)F)c2)noc1C. The number of nitrogens with zero attached hydrogens (tertiary/aromatic N) is 1. The van der Waals surface area contributed by atoms with Gasteiger partial charge in [-0.1, -0.05) is 27.2 Å². The summed E-state index contributed by atoms with van der Waals surface area (Å²) in [5.41, 5.74) is -0.732. The van der Waals surface area contributed by atoms with Gasteiger partial charge in [0.05, 0.1) is 12.7 Å². The third kappa shape index (κ3) is 2.94. The molecule has 0 N–H and O–H groups in total. The van der Waals surface area contributed by atoms with E-state index >= 15 is 0 Å². The van der Waals surface area contributed by atoms with Crippen molar-refractivity contribution < 1.29 is 27.2 Å². The van der Waals surface area contributed by atoms with E-state index in [0.29, 0.717) is 0 Å². The van der Waals surface area contributed by atoms with Crippen molar-refractivity contribution in [3.05, 3.63) is 39.6 Å². The Kier molecular flexibility index (Phi) is 4.08. The van der Waals surface area contributed by atoms with Gasteiger partial charge in [0.15, 0.2) is 0 Å². The van der Waals surface area contributed by atoms with Crippen LogP contribution in [0.4, 0.5) is 13.2 Å². The van der Waals surface area contributed by atoms with Crippen molar-refractivity contribution >= 4 is 21.9 Å². The van der Waals surface area contributed by atoms with E-state index in [4.69, 9.17) is 4.52 Å². The van der Waals surface area contributed by atoms with Gasteiger partial charge in [-0.3, -0.25) is 0 Å². The largest absolute Gasteiger partial charge is 0.465 e. The maximum absolute atomic E-state index is 12.9. The van der Waals surface area contributed by atoms with E-state index in [-0.39, 0.29) is 27.1 Å². The number of rotatable bonds is 2. The predicted octanol–water partition coefficient (Wildman–Crippen LogP) is 4.22. The van der Waals surface area contributed by atoms with Crippen molar-refractivity contribution in [2.75, 3.05) is 7.11 Å². The maximum Gasteiger partial charge on any atom is 0.417 e. The number of carbonyl (C=O) groups excluding carboxylic acids is 1. The van der Waals surface area contributed by atoms with Crippen LogP contribution in [0.1, 0.15) is 21.7 Å². The molecule has 1 heterocycles. The number of halogens is 4. The number of ether oxygens (including phenoxy) is 1. The molecule has 0 atom stereocenters. The van der Waals surface area contributed by atoms with Crippen LogP contribution in [0.2, 0.25) is 0 Å². The monoisotopic (exact) mass is 363 g/mol. The van der Waals surface area contributed by atoms with E-state index < -0.39 is 17.7 Å². The normalized spacial score (nSPS) is 11.5. The number of hydrogen-bond donors (Lipinski definition) is 0. The summed E-state index contributed by atoms with van der Waals surface area (Å²) in [7, 11) is 1.17. The van der Waals surface area contributed by atoms with Gasteiger partial charge < -0.3 is 9.26 Å². The second-order valence-electron chi connectivity index (χ2n) is 4.15. The summed E-state index contributed by atoms with van der Waals surface area (Å²) in [6.07, 6.45) is -4.53. The molecule has 1 aromatic heterocycles. The average Bonchev–Trinajstić information content (AvgIpc) is 2.79. The second kappa shape index (κ2) is 5.51. The number of alkyl halides is 3. The van der Waals surface area contributed by atoms with Crippen LogP contribution < -0.4 is 0 Å². The molecule has 0 aliphatic rings. The Labute approximate surface area is 126 Å². The fourth-order valence-electron chi connectivity index (χ4n) is 1.80. The van der Waals surface area contributed by atoms with Crippen molar-refractivity contribution in [2.24, 2.45) is 0 Å². The lowest BCUT2D eigenvalue weighted by molar-refractivity contribution is -0.138. The number of methoxy groups -OCH3 is 1. The summed E-state index contributed by atoms with van der Waals surface area (Å²) in [5.74, 6) is -0.548. The molecule has 0 saturated heterocycles. The number of benzene rings is 1. The highest BCUT2D eigenvalue weighted by Gasteiger charge is 2.34. The summed E-state index contributed by atoms with van der Waals surface area (Å²) < 4.78 is 48.1. The zero-order valence-electron chi connectivity index (χ0n) is 10.9. The lowest BCUT2D eigenvalue weighted by atomic mass is 10.0. The molecule has 21 heavy (non-hydrogen) atoms. The molecule has 0 aliphatic carbocycles. The summed E-state index contributed by atoms with van der Waals surface area (Å²) >= 11 is 2.85. The van der Waals surface area contributed by atoms with Gasteiger partial charge in [-0.15, -0.1) is 0 Å². The maximum atomic E-state index is 12.9. The Bertz CT molecular complexity index is 694. The van der Waals surface area contributed by atoms with Crippen LogP contribution in [-0.2, 0) is 10.9 Å². The Morgan fingerprint density at radius 3 is 2.62 bits per heavy atom. The minimum atomic E-state index is -4.53. The van der Waals surface area contributed by atoms with Crippen molar-refractivity contribution in [1.82, 2.24) is 5.16 Å². The molecule has 0 saturated carbocycles. The van der Waals surface area contributed by atoms with Gasteiger partial charge in [0, 0.05) is 10.0 Å². The molecule has 2 aromatic rings. The predicted molar refractivity (Wildman–Crippen MR) is 70.7 cm³/mol. The van der Waals surface area contributed by atoms with E-state index in [1.165, 1.54) is 26.2 Å². The number of carbonyl (C=O) groups is 1. The van der Waals surface area contributed by atoms with Crippen molar-refractivity contribution in [3.8, 4) is 11.3 Å². The summed E-state index contributed by atoms with van der Waals surface area (Å²) in [4.78, 5) is 11.7. The van der Waals surface area contributed by atoms with Crippen LogP contribution in [-0.4, -0.2) is 18.2 Å². The minimum Gasteiger partial charge on any atom is -0.465 e. The Morgan fingerprint density at radius 1 is 1.38 bits per heavy atom. The molecule has 2 rings (SSSR count). The van der Waals surface area contributed by atoms with Gasteiger partial charge in [0.2, 0.25) is 0 Å². The molecule has 0 radical (unpaired) electrons. The molecule has 0 bridgehead atoms. The molecule has 112 valence electrons. The number of aryl methyl sites for hydroxylation is 1. The van der Waals surface area contributed by atoms with Crippen LogP contribution >= 0.6 is 15.9 Å². The highest BCUT2D eigenvalue weighted by Crippen LogP contribution is 2.38. The fourth-order valence-corrected chi connectivity index (χ4v) is 2.27. The van der Waals surface area contributed by atoms with Crippen LogP contribution in [0.5, 0.6) is 0 Å². The second-order valence-corrected chi connectivity index (χ2v) is 5.00. The number of hydrogen-bond acceptors (Lipinski definition) is 4. The summed E-state index contributed by atoms with van der Waals surface area (Å²) in [5, 5.41) is 3.65. The lowest BCUT2D eigenvalue weighted by Crippen LogP contribution is -2.07. The summed E-state index contributed by atoms with van der Waals surface area (Å²) in [6, 6.07) is 3.54. The molecule has 0 unspecified atom stereocenters. The average molecular weight is 364 g/mol. The Balaban J connectivity index is 2.61. The molecule has 1 aromatic carbocycles. The number of aromatic nitrogens is 1. The van der Waals surface area contributed by atoms with E-state index in [1.54, 1.807) is 0 Å². The Hall–Kier alpha value is -1.83. The zero-order chi connectivity index (χ0) is 15.8. The standard InChI is InChI=1S/C13H9BrF3NO3/c1-6-10(12(19)20-2)11(18-21-6)7-3-4-9(14)8(5-7)13(15,16)17/h3-5H,1-2H3. The molecule has 0 amide bonds. The van der Waals surface area contributed by atoms with Gasteiger partial charge >= 0.3 is 12.1 Å². The van der Waals surface area contributed by atoms with Crippen LogP contribution in [0.15, 0.2) is 27.2 Å². The van der Waals surface area contributed by atoms with Gasteiger partial charge in [0.25, 0.3) is 0 Å². The first kappa shape index (κ1) is 15.6. The molecular weight excluding hydrogens is 355 g/mol. The first-order valence-corrected chi connectivity index (χ1v) is 6.46. The van der Waals surface area contributed by atoms with Crippen LogP contribution in [0, 0.1) is 6.92 Å². The molecule has 0 aliphatic heterocycles. The van der Waals surface area contributed by atoms with Gasteiger partial charge in [-0.25, -0.2) is 4.79 Å². The van der Waals surface area contributed by atoms with E-state index in [2.05, 4.69) is 25.8 Å². The minimum absolute atomic E-state index is 0.00736. The topological polar surface area (TPSA) is 52.3 Å². The number of esters is 1. The fraction of sp³-hybridized carbons (Fsp3) is 0.231. The van der Waals surface area contributed by atoms with Gasteiger partial charge in [0.1, 0.15) is 17.0 Å². The molecule has 4 nitrogen and oxygen atoms in total. The van der Waals surface area contributed by atoms with Gasteiger partial charge in [-0.2, -0.15) is 13.2 Å². The smallest absolute Gasteiger partial charge is 0.417 e. The first-order chi connectivity index (χ1) is 9.75. The quantitative estimate of drug-likeness (QED) is 0.749. The van der Waals surface area contributed by atoms with Gasteiger partial charge in [-0.05, 0) is 19.1 Å². The molecule has 0 fully saturated rings.